The number of rotatable bonds is 4. The first-order valence-electron chi connectivity index (χ1n) is 7.22. The van der Waals surface area contributed by atoms with E-state index in [1.165, 1.54) is 12.1 Å². The molecule has 2 heteroatoms. The number of hydrogen-bond acceptors (Lipinski definition) is 2. The molecule has 18 heavy (non-hydrogen) atoms. The molecule has 0 radical (unpaired) electrons. The maximum atomic E-state index is 3.71. The summed E-state index contributed by atoms with van der Waals surface area (Å²) in [5.74, 6) is 0.719. The zero-order valence-corrected chi connectivity index (χ0v) is 11.9. The van der Waals surface area contributed by atoms with Crippen LogP contribution in [0.15, 0.2) is 30.3 Å². The minimum absolute atomic E-state index is 0.646. The van der Waals surface area contributed by atoms with E-state index >= 15 is 0 Å². The summed E-state index contributed by atoms with van der Waals surface area (Å²) in [6, 6.07) is 12.1. The van der Waals surface area contributed by atoms with Crippen LogP contribution in [-0.4, -0.2) is 36.6 Å². The van der Waals surface area contributed by atoms with Crippen molar-refractivity contribution < 1.29 is 0 Å². The number of likely N-dealkylation sites (N-methyl/N-ethyl adjacent to an activating group) is 1. The van der Waals surface area contributed by atoms with E-state index in [2.05, 4.69) is 61.3 Å². The molecule has 0 spiro atoms. The summed E-state index contributed by atoms with van der Waals surface area (Å²) in [4.78, 5) is 2.63. The predicted molar refractivity (Wildman–Crippen MR) is 77.8 cm³/mol. The van der Waals surface area contributed by atoms with Gasteiger partial charge in [0.15, 0.2) is 0 Å². The molecule has 0 aliphatic carbocycles. The summed E-state index contributed by atoms with van der Waals surface area (Å²) < 4.78 is 0. The van der Waals surface area contributed by atoms with Gasteiger partial charge in [-0.3, -0.25) is 4.90 Å². The Morgan fingerprint density at radius 2 is 2.00 bits per heavy atom. The second-order valence-corrected chi connectivity index (χ2v) is 5.69. The van der Waals surface area contributed by atoms with E-state index in [0.29, 0.717) is 12.1 Å². The molecular formula is C16H26N2. The van der Waals surface area contributed by atoms with Crippen molar-refractivity contribution in [2.75, 3.05) is 19.6 Å². The Labute approximate surface area is 111 Å². The Morgan fingerprint density at radius 3 is 2.61 bits per heavy atom. The number of hydrogen-bond donors (Lipinski definition) is 1. The fourth-order valence-corrected chi connectivity index (χ4v) is 2.80. The van der Waals surface area contributed by atoms with E-state index in [-0.39, 0.29) is 0 Å². The summed E-state index contributed by atoms with van der Waals surface area (Å²) in [7, 11) is 0. The first-order valence-corrected chi connectivity index (χ1v) is 7.22. The van der Waals surface area contributed by atoms with Crippen molar-refractivity contribution in [1.29, 1.82) is 0 Å². The van der Waals surface area contributed by atoms with Gasteiger partial charge in [-0.25, -0.2) is 0 Å². The van der Waals surface area contributed by atoms with Crippen molar-refractivity contribution in [3.05, 3.63) is 35.9 Å². The van der Waals surface area contributed by atoms with Crippen molar-refractivity contribution in [3.63, 3.8) is 0 Å². The third kappa shape index (κ3) is 3.33. The molecule has 1 fully saturated rings. The third-order valence-corrected chi connectivity index (χ3v) is 4.09. The van der Waals surface area contributed by atoms with Crippen LogP contribution in [0.2, 0.25) is 0 Å². The van der Waals surface area contributed by atoms with Crippen LogP contribution in [0.25, 0.3) is 0 Å². The molecule has 2 unspecified atom stereocenters. The lowest BCUT2D eigenvalue weighted by molar-refractivity contribution is 0.119. The van der Waals surface area contributed by atoms with Crippen LogP contribution in [-0.2, 0) is 6.42 Å². The molecule has 2 nitrogen and oxygen atoms in total. The van der Waals surface area contributed by atoms with E-state index in [1.54, 1.807) is 0 Å². The molecule has 1 aromatic rings. The monoisotopic (exact) mass is 246 g/mol. The topological polar surface area (TPSA) is 15.3 Å². The van der Waals surface area contributed by atoms with Crippen molar-refractivity contribution in [2.45, 2.75) is 39.3 Å². The van der Waals surface area contributed by atoms with Gasteiger partial charge in [0, 0.05) is 25.2 Å². The van der Waals surface area contributed by atoms with Crippen LogP contribution in [0.3, 0.4) is 0 Å². The summed E-state index contributed by atoms with van der Waals surface area (Å²) in [5, 5.41) is 3.71. The fourth-order valence-electron chi connectivity index (χ4n) is 2.80. The number of benzene rings is 1. The van der Waals surface area contributed by atoms with Gasteiger partial charge >= 0.3 is 0 Å². The average molecular weight is 246 g/mol. The third-order valence-electron chi connectivity index (χ3n) is 4.09. The van der Waals surface area contributed by atoms with Crippen molar-refractivity contribution >= 4 is 0 Å². The second-order valence-electron chi connectivity index (χ2n) is 5.69. The van der Waals surface area contributed by atoms with E-state index in [0.717, 1.165) is 25.4 Å². The summed E-state index contributed by atoms with van der Waals surface area (Å²) in [6.07, 6.45) is 1.16. The molecule has 1 N–H and O–H groups in total. The quantitative estimate of drug-likeness (QED) is 0.878. The highest BCUT2D eigenvalue weighted by atomic mass is 15.2. The maximum Gasteiger partial charge on any atom is 0.0261 e. The minimum atomic E-state index is 0.646. The normalized spacial score (nSPS) is 25.6. The van der Waals surface area contributed by atoms with Gasteiger partial charge < -0.3 is 5.32 Å². The first-order chi connectivity index (χ1) is 8.70. The molecule has 1 aromatic carbocycles. The summed E-state index contributed by atoms with van der Waals surface area (Å²) in [5.41, 5.74) is 1.45. The van der Waals surface area contributed by atoms with Crippen molar-refractivity contribution in [2.24, 2.45) is 5.92 Å². The Kier molecular flexibility index (Phi) is 4.79. The smallest absolute Gasteiger partial charge is 0.0261 e. The van der Waals surface area contributed by atoms with E-state index in [4.69, 9.17) is 0 Å². The Hall–Kier alpha value is -0.860. The van der Waals surface area contributed by atoms with Gasteiger partial charge in [-0.05, 0) is 24.4 Å². The lowest BCUT2D eigenvalue weighted by atomic mass is 9.96. The van der Waals surface area contributed by atoms with Gasteiger partial charge in [-0.1, -0.05) is 51.1 Å². The van der Waals surface area contributed by atoms with E-state index < -0.39 is 0 Å². The molecule has 100 valence electrons. The molecule has 0 bridgehead atoms. The summed E-state index contributed by atoms with van der Waals surface area (Å²) >= 11 is 0. The predicted octanol–water partition coefficient (Wildman–Crippen LogP) is 2.55. The number of piperazine rings is 1. The van der Waals surface area contributed by atoms with Crippen molar-refractivity contribution in [3.8, 4) is 0 Å². The molecular weight excluding hydrogens is 220 g/mol. The van der Waals surface area contributed by atoms with Gasteiger partial charge in [-0.15, -0.1) is 0 Å². The second kappa shape index (κ2) is 6.35. The molecule has 1 saturated heterocycles. The first kappa shape index (κ1) is 13.6. The van der Waals surface area contributed by atoms with E-state index in [1.807, 2.05) is 0 Å². The SMILES string of the molecule is CCN1CC(C(C)C)NCC1Cc1ccccc1. The lowest BCUT2D eigenvalue weighted by Crippen LogP contribution is -2.58. The Morgan fingerprint density at radius 1 is 1.28 bits per heavy atom. The zero-order chi connectivity index (χ0) is 13.0. The molecule has 2 rings (SSSR count). The van der Waals surface area contributed by atoms with Gasteiger partial charge in [0.2, 0.25) is 0 Å². The van der Waals surface area contributed by atoms with Crippen LogP contribution in [0.1, 0.15) is 26.3 Å². The van der Waals surface area contributed by atoms with Crippen LogP contribution in [0.5, 0.6) is 0 Å². The molecule has 1 aliphatic rings. The fraction of sp³-hybridized carbons (Fsp3) is 0.625. The van der Waals surface area contributed by atoms with Gasteiger partial charge in [0.05, 0.1) is 0 Å². The molecule has 1 aliphatic heterocycles. The zero-order valence-electron chi connectivity index (χ0n) is 11.9. The van der Waals surface area contributed by atoms with Crippen LogP contribution in [0, 0.1) is 5.92 Å². The average Bonchev–Trinajstić information content (AvgIpc) is 2.40. The Bertz CT molecular complexity index is 347. The minimum Gasteiger partial charge on any atom is -0.311 e. The van der Waals surface area contributed by atoms with Crippen LogP contribution < -0.4 is 5.32 Å². The molecule has 0 amide bonds. The highest BCUT2D eigenvalue weighted by molar-refractivity contribution is 5.16. The molecule has 0 saturated carbocycles. The molecule has 0 aromatic heterocycles. The van der Waals surface area contributed by atoms with Gasteiger partial charge in [0.1, 0.15) is 0 Å². The number of nitrogens with zero attached hydrogens (tertiary/aromatic N) is 1. The maximum absolute atomic E-state index is 3.71. The van der Waals surface area contributed by atoms with Crippen LogP contribution >= 0.6 is 0 Å². The Balaban J connectivity index is 1.97. The van der Waals surface area contributed by atoms with Crippen molar-refractivity contribution in [1.82, 2.24) is 10.2 Å². The standard InChI is InChI=1S/C16H26N2/c1-4-18-12-16(13(2)3)17-11-15(18)10-14-8-6-5-7-9-14/h5-9,13,15-17H,4,10-12H2,1-3H3. The lowest BCUT2D eigenvalue weighted by Gasteiger charge is -2.41. The molecule has 2 atom stereocenters. The highest BCUT2D eigenvalue weighted by Gasteiger charge is 2.28. The van der Waals surface area contributed by atoms with Gasteiger partial charge in [0.25, 0.3) is 0 Å². The molecule has 1 heterocycles. The van der Waals surface area contributed by atoms with Gasteiger partial charge in [-0.2, -0.15) is 0 Å². The van der Waals surface area contributed by atoms with Crippen LogP contribution in [0.4, 0.5) is 0 Å². The highest BCUT2D eigenvalue weighted by Crippen LogP contribution is 2.16. The summed E-state index contributed by atoms with van der Waals surface area (Å²) in [6.45, 7) is 10.4. The van der Waals surface area contributed by atoms with E-state index in [9.17, 15) is 0 Å². The number of nitrogens with one attached hydrogen (secondary N) is 1. The largest absolute Gasteiger partial charge is 0.311 e.